The van der Waals surface area contributed by atoms with Crippen molar-refractivity contribution in [1.29, 1.82) is 0 Å². The number of halogens is 4. The van der Waals surface area contributed by atoms with Crippen LogP contribution in [0.3, 0.4) is 0 Å². The number of carbonyl (C=O) groups excluding carboxylic acids is 1. The number of ether oxygens (including phenoxy) is 2. The first-order chi connectivity index (χ1) is 15.5. The third-order valence-electron chi connectivity index (χ3n) is 5.47. The Bertz CT molecular complexity index is 1110. The standard InChI is InChI=1S/C21H27F4N3O5S/c1-6-12-15(22)8-7-13(17(12)32-4)14-9-20(3,21(23,24)25)33-18(14)19(29)28-16(11(2)26)10-27-34(5,30)31/h7-8,10,14,18H,6,9,26H2,1-5H3,(H,28,29)/b16-11+,27-10+/t14-,18+,20+/m0/s1. The molecule has 1 aromatic carbocycles. The molecule has 1 amide bonds. The van der Waals surface area contributed by atoms with Gasteiger partial charge in [-0.3, -0.25) is 4.79 Å². The van der Waals surface area contributed by atoms with Gasteiger partial charge in [0.25, 0.3) is 5.91 Å². The number of methoxy groups -OCH3 is 1. The number of amides is 1. The number of rotatable bonds is 7. The van der Waals surface area contributed by atoms with E-state index >= 15 is 0 Å². The van der Waals surface area contributed by atoms with E-state index in [2.05, 4.69) is 9.71 Å². The summed E-state index contributed by atoms with van der Waals surface area (Å²) in [5.74, 6) is -2.74. The normalized spacial score (nSPS) is 24.3. The molecule has 3 atom stereocenters. The van der Waals surface area contributed by atoms with Crippen molar-refractivity contribution in [1.82, 2.24) is 5.32 Å². The molecule has 1 aliphatic rings. The summed E-state index contributed by atoms with van der Waals surface area (Å²) in [7, 11) is -2.57. The zero-order chi connectivity index (χ0) is 26.1. The molecule has 0 unspecified atom stereocenters. The smallest absolute Gasteiger partial charge is 0.417 e. The number of benzene rings is 1. The number of hydrogen-bond donors (Lipinski definition) is 2. The van der Waals surface area contributed by atoms with E-state index in [4.69, 9.17) is 15.2 Å². The van der Waals surface area contributed by atoms with Gasteiger partial charge in [-0.25, -0.2) is 12.8 Å². The van der Waals surface area contributed by atoms with E-state index in [0.717, 1.165) is 25.5 Å². The Kier molecular flexibility index (Phi) is 8.03. The van der Waals surface area contributed by atoms with Crippen molar-refractivity contribution in [3.05, 3.63) is 40.5 Å². The zero-order valence-corrected chi connectivity index (χ0v) is 20.1. The summed E-state index contributed by atoms with van der Waals surface area (Å²) in [6.07, 6.45) is -5.35. The first-order valence-electron chi connectivity index (χ1n) is 10.2. The van der Waals surface area contributed by atoms with E-state index in [9.17, 15) is 30.8 Å². The van der Waals surface area contributed by atoms with Crippen molar-refractivity contribution in [2.24, 2.45) is 10.1 Å². The molecule has 0 aromatic heterocycles. The lowest BCUT2D eigenvalue weighted by atomic mass is 9.84. The van der Waals surface area contributed by atoms with Gasteiger partial charge in [-0.05, 0) is 32.8 Å². The van der Waals surface area contributed by atoms with E-state index in [-0.39, 0.29) is 34.7 Å². The number of hydrogen-bond acceptors (Lipinski definition) is 6. The van der Waals surface area contributed by atoms with Crippen molar-refractivity contribution >= 4 is 22.1 Å². The van der Waals surface area contributed by atoms with Crippen LogP contribution in [0.15, 0.2) is 27.9 Å². The number of alkyl halides is 3. The maximum Gasteiger partial charge on any atom is 0.417 e. The maximum absolute atomic E-state index is 14.3. The minimum Gasteiger partial charge on any atom is -0.496 e. The Morgan fingerprint density at radius 1 is 1.41 bits per heavy atom. The molecule has 0 aliphatic carbocycles. The first kappa shape index (κ1) is 27.6. The number of allylic oxidation sites excluding steroid dienone is 2. The molecule has 0 bridgehead atoms. The average Bonchev–Trinajstić information content (AvgIpc) is 3.08. The molecule has 1 heterocycles. The van der Waals surface area contributed by atoms with E-state index in [0.29, 0.717) is 0 Å². The number of nitrogens with two attached hydrogens (primary N) is 1. The summed E-state index contributed by atoms with van der Waals surface area (Å²) in [5.41, 5.74) is 3.05. The second kappa shape index (κ2) is 9.90. The lowest BCUT2D eigenvalue weighted by Crippen LogP contribution is -2.44. The quantitative estimate of drug-likeness (QED) is 0.431. The summed E-state index contributed by atoms with van der Waals surface area (Å²) in [6.45, 7) is 3.81. The molecule has 190 valence electrons. The highest BCUT2D eigenvalue weighted by Gasteiger charge is 2.61. The van der Waals surface area contributed by atoms with Crippen LogP contribution in [-0.4, -0.2) is 51.8 Å². The summed E-state index contributed by atoms with van der Waals surface area (Å²) in [6, 6.07) is 2.36. The first-order valence-corrected chi connectivity index (χ1v) is 12.0. The zero-order valence-electron chi connectivity index (χ0n) is 19.3. The fourth-order valence-corrected chi connectivity index (χ4v) is 4.00. The van der Waals surface area contributed by atoms with Gasteiger partial charge in [0.15, 0.2) is 5.60 Å². The van der Waals surface area contributed by atoms with Crippen molar-refractivity contribution < 1.29 is 40.2 Å². The van der Waals surface area contributed by atoms with Crippen molar-refractivity contribution in [2.75, 3.05) is 13.4 Å². The molecule has 0 radical (unpaired) electrons. The van der Waals surface area contributed by atoms with Crippen LogP contribution in [-0.2, 0) is 26.0 Å². The molecule has 1 fully saturated rings. The van der Waals surface area contributed by atoms with Gasteiger partial charge >= 0.3 is 6.18 Å². The van der Waals surface area contributed by atoms with Crippen molar-refractivity contribution in [3.63, 3.8) is 0 Å². The van der Waals surface area contributed by atoms with E-state index in [1.807, 2.05) is 0 Å². The van der Waals surface area contributed by atoms with E-state index in [1.165, 1.54) is 20.1 Å². The molecule has 3 N–H and O–H groups in total. The summed E-state index contributed by atoms with van der Waals surface area (Å²) < 4.78 is 92.3. The van der Waals surface area contributed by atoms with Crippen LogP contribution in [0.1, 0.15) is 44.2 Å². The molecule has 34 heavy (non-hydrogen) atoms. The van der Waals surface area contributed by atoms with E-state index in [1.54, 1.807) is 6.92 Å². The highest BCUT2D eigenvalue weighted by atomic mass is 32.2. The van der Waals surface area contributed by atoms with Crippen LogP contribution in [0, 0.1) is 5.82 Å². The Balaban J connectivity index is 2.57. The minimum absolute atomic E-state index is 0.0322. The van der Waals surface area contributed by atoms with Crippen LogP contribution < -0.4 is 15.8 Å². The van der Waals surface area contributed by atoms with Gasteiger partial charge in [-0.15, -0.1) is 0 Å². The largest absolute Gasteiger partial charge is 0.496 e. The minimum atomic E-state index is -4.82. The SMILES string of the molecule is CCc1c(F)ccc([C@@H]2C[C@](C)(C(F)(F)F)O[C@H]2C(=O)NC(/C=N/S(C)(=O)=O)=C(\C)N)c1OC. The fourth-order valence-electron chi connectivity index (χ4n) is 3.70. The topological polar surface area (TPSA) is 120 Å². The van der Waals surface area contributed by atoms with Crippen molar-refractivity contribution in [3.8, 4) is 5.75 Å². The van der Waals surface area contributed by atoms with Crippen LogP contribution in [0.2, 0.25) is 0 Å². The summed E-state index contributed by atoms with van der Waals surface area (Å²) in [4.78, 5) is 13.1. The third-order valence-corrected chi connectivity index (χ3v) is 5.96. The van der Waals surface area contributed by atoms with E-state index < -0.39 is 52.0 Å². The van der Waals surface area contributed by atoms with Gasteiger partial charge in [0, 0.05) is 22.7 Å². The number of carbonyl (C=O) groups is 1. The van der Waals surface area contributed by atoms with Crippen LogP contribution in [0.25, 0.3) is 0 Å². The Morgan fingerprint density at radius 3 is 2.50 bits per heavy atom. The van der Waals surface area contributed by atoms with Crippen molar-refractivity contribution in [2.45, 2.75) is 57.4 Å². The summed E-state index contributed by atoms with van der Waals surface area (Å²) in [5, 5.41) is 2.29. The predicted octanol–water partition coefficient (Wildman–Crippen LogP) is 2.93. The Morgan fingerprint density at radius 2 is 2.03 bits per heavy atom. The van der Waals surface area contributed by atoms with Gasteiger partial charge in [-0.1, -0.05) is 13.0 Å². The predicted molar refractivity (Wildman–Crippen MR) is 117 cm³/mol. The van der Waals surface area contributed by atoms with Crippen LogP contribution in [0.4, 0.5) is 17.6 Å². The van der Waals surface area contributed by atoms with Gasteiger partial charge in [0.2, 0.25) is 10.0 Å². The average molecular weight is 510 g/mol. The molecule has 1 saturated heterocycles. The molecule has 1 aromatic rings. The molecular weight excluding hydrogens is 482 g/mol. The molecule has 0 saturated carbocycles. The van der Waals surface area contributed by atoms with Crippen LogP contribution >= 0.6 is 0 Å². The Labute approximate surface area is 195 Å². The highest BCUT2D eigenvalue weighted by molar-refractivity contribution is 7.89. The molecular formula is C21H27F4N3O5S. The molecule has 13 heteroatoms. The fraction of sp³-hybridized carbons (Fsp3) is 0.524. The number of sulfonamides is 1. The lowest BCUT2D eigenvalue weighted by molar-refractivity contribution is -0.262. The maximum atomic E-state index is 14.3. The van der Waals surface area contributed by atoms with Gasteiger partial charge in [0.05, 0.1) is 25.3 Å². The second-order valence-corrected chi connectivity index (χ2v) is 9.81. The second-order valence-electron chi connectivity index (χ2n) is 8.13. The Hall–Kier alpha value is -2.67. The third kappa shape index (κ3) is 5.87. The molecule has 1 aliphatic heterocycles. The molecule has 8 nitrogen and oxygen atoms in total. The molecule has 2 rings (SSSR count). The number of nitrogens with zero attached hydrogens (tertiary/aromatic N) is 1. The van der Waals surface area contributed by atoms with Gasteiger partial charge in [-0.2, -0.15) is 17.6 Å². The van der Waals surface area contributed by atoms with Crippen LogP contribution in [0.5, 0.6) is 5.75 Å². The lowest BCUT2D eigenvalue weighted by Gasteiger charge is -2.27. The van der Waals surface area contributed by atoms with Gasteiger partial charge < -0.3 is 20.5 Å². The summed E-state index contributed by atoms with van der Waals surface area (Å²) >= 11 is 0. The molecule has 0 spiro atoms. The number of nitrogens with one attached hydrogen (secondary N) is 1. The van der Waals surface area contributed by atoms with Gasteiger partial charge in [0.1, 0.15) is 17.7 Å². The monoisotopic (exact) mass is 509 g/mol. The highest BCUT2D eigenvalue weighted by Crippen LogP contribution is 2.51.